The largest absolute Gasteiger partial charge is 0.494 e. The third-order valence-electron chi connectivity index (χ3n) is 8.21. The minimum Gasteiger partial charge on any atom is -0.494 e. The molecule has 39 heavy (non-hydrogen) atoms. The predicted octanol–water partition coefficient (Wildman–Crippen LogP) is 6.10. The number of nitrogens with zero attached hydrogens (tertiary/aromatic N) is 1. The number of esters is 1. The molecule has 3 heterocycles. The maximum Gasteiger partial charge on any atom is 0.343 e. The van der Waals surface area contributed by atoms with Gasteiger partial charge in [-0.05, 0) is 55.6 Å². The molecule has 0 saturated heterocycles. The van der Waals surface area contributed by atoms with Gasteiger partial charge < -0.3 is 18.5 Å². The molecule has 1 saturated carbocycles. The van der Waals surface area contributed by atoms with E-state index in [0.29, 0.717) is 38.4 Å². The van der Waals surface area contributed by atoms with E-state index in [9.17, 15) is 18.0 Å². The van der Waals surface area contributed by atoms with Crippen LogP contribution in [-0.2, 0) is 19.0 Å². The zero-order valence-electron chi connectivity index (χ0n) is 23.4. The molecule has 11 heteroatoms. The Morgan fingerprint density at radius 1 is 1.13 bits per heavy atom. The fourth-order valence-corrected chi connectivity index (χ4v) is 9.43. The van der Waals surface area contributed by atoms with Gasteiger partial charge >= 0.3 is 5.97 Å². The standard InChI is InChI=1S/C28H35NO7S2Si/c1-28(2,3)39(6,7)36-21-12-13-38(32,33)27-19(21)14-22(37-27)17-10-11-18-23(25(17)34-4)29(16-8-9-16)15-20(24(18)30)26(31)35-5/h10-11,14-16,21H,8-9,12-13H2,1-7H3. The van der Waals surface area contributed by atoms with Gasteiger partial charge in [0.1, 0.15) is 9.77 Å². The van der Waals surface area contributed by atoms with E-state index < -0.39 is 29.6 Å². The number of aromatic nitrogens is 1. The van der Waals surface area contributed by atoms with Crippen molar-refractivity contribution >= 4 is 46.4 Å². The van der Waals surface area contributed by atoms with E-state index in [4.69, 9.17) is 13.9 Å². The van der Waals surface area contributed by atoms with Gasteiger partial charge in [-0.3, -0.25) is 4.79 Å². The molecular formula is C28H35NO7S2Si. The van der Waals surface area contributed by atoms with Crippen molar-refractivity contribution in [3.8, 4) is 16.2 Å². The number of pyridine rings is 1. The number of ether oxygens (including phenoxy) is 2. The number of sulfone groups is 1. The average Bonchev–Trinajstić information content (AvgIpc) is 3.61. The summed E-state index contributed by atoms with van der Waals surface area (Å²) in [6, 6.07) is 5.52. The Hall–Kier alpha value is -2.47. The van der Waals surface area contributed by atoms with Gasteiger partial charge in [0.25, 0.3) is 0 Å². The number of fused-ring (bicyclic) bond motifs is 2. The van der Waals surface area contributed by atoms with Crippen molar-refractivity contribution < 1.29 is 27.1 Å². The number of rotatable bonds is 6. The fourth-order valence-electron chi connectivity index (χ4n) is 4.87. The van der Waals surface area contributed by atoms with Crippen LogP contribution in [0.4, 0.5) is 0 Å². The van der Waals surface area contributed by atoms with Crippen LogP contribution >= 0.6 is 11.3 Å². The molecule has 0 N–H and O–H groups in total. The lowest BCUT2D eigenvalue weighted by Crippen LogP contribution is -2.42. The SMILES string of the molecule is COC(=O)c1cn(C2CC2)c2c(OC)c(-c3cc4c(s3)S(=O)(=O)CCC4O[Si](C)(C)C(C)(C)C)ccc2c1=O. The maximum absolute atomic E-state index is 13.3. The molecule has 1 fully saturated rings. The molecular weight excluding hydrogens is 555 g/mol. The van der Waals surface area contributed by atoms with Crippen LogP contribution in [-0.4, -0.2) is 47.2 Å². The molecule has 1 unspecified atom stereocenters. The summed E-state index contributed by atoms with van der Waals surface area (Å²) < 4.78 is 46.1. The Morgan fingerprint density at radius 3 is 2.41 bits per heavy atom. The number of thiophene rings is 1. The summed E-state index contributed by atoms with van der Waals surface area (Å²) in [5, 5.41) is 0.345. The number of hydrogen-bond donors (Lipinski definition) is 0. The number of benzene rings is 1. The summed E-state index contributed by atoms with van der Waals surface area (Å²) >= 11 is 1.22. The Bertz CT molecular complexity index is 1640. The van der Waals surface area contributed by atoms with Gasteiger partial charge in [-0.2, -0.15) is 0 Å². The van der Waals surface area contributed by atoms with Gasteiger partial charge in [0.15, 0.2) is 23.9 Å². The van der Waals surface area contributed by atoms with Gasteiger partial charge in [-0.15, -0.1) is 11.3 Å². The predicted molar refractivity (Wildman–Crippen MR) is 155 cm³/mol. The monoisotopic (exact) mass is 589 g/mol. The molecule has 3 aromatic rings. The van der Waals surface area contributed by atoms with E-state index in [1.54, 1.807) is 25.4 Å². The highest BCUT2D eigenvalue weighted by molar-refractivity contribution is 7.93. The zero-order valence-corrected chi connectivity index (χ0v) is 26.0. The van der Waals surface area contributed by atoms with Gasteiger partial charge in [0.05, 0.1) is 37.0 Å². The van der Waals surface area contributed by atoms with Crippen LogP contribution in [0.15, 0.2) is 33.4 Å². The molecule has 2 aromatic heterocycles. The molecule has 1 aliphatic carbocycles. The van der Waals surface area contributed by atoms with Crippen molar-refractivity contribution in [2.24, 2.45) is 0 Å². The van der Waals surface area contributed by atoms with E-state index in [1.165, 1.54) is 18.4 Å². The first kappa shape index (κ1) is 28.1. The molecule has 0 spiro atoms. The van der Waals surface area contributed by atoms with Gasteiger partial charge in [-0.1, -0.05) is 20.8 Å². The molecule has 1 atom stereocenters. The molecule has 1 aliphatic heterocycles. The van der Waals surface area contributed by atoms with Crippen LogP contribution in [0.3, 0.4) is 0 Å². The second-order valence-electron chi connectivity index (χ2n) is 11.9. The second-order valence-corrected chi connectivity index (χ2v) is 20.0. The Labute approximate surface area is 233 Å². The summed E-state index contributed by atoms with van der Waals surface area (Å²) in [5.41, 5.74) is 1.56. The normalized spacial score (nSPS) is 19.1. The molecule has 2 aliphatic rings. The summed E-state index contributed by atoms with van der Waals surface area (Å²) in [6.07, 6.45) is 3.53. The van der Waals surface area contributed by atoms with Crippen LogP contribution in [0.25, 0.3) is 21.3 Å². The highest BCUT2D eigenvalue weighted by atomic mass is 32.2. The van der Waals surface area contributed by atoms with Crippen LogP contribution < -0.4 is 10.2 Å². The molecule has 0 bridgehead atoms. The third kappa shape index (κ3) is 4.77. The summed E-state index contributed by atoms with van der Waals surface area (Å²) in [5.74, 6) is -0.153. The molecule has 0 radical (unpaired) electrons. The quantitative estimate of drug-likeness (QED) is 0.253. The van der Waals surface area contributed by atoms with Crippen LogP contribution in [0.1, 0.15) is 68.1 Å². The minimum atomic E-state index is -3.45. The summed E-state index contributed by atoms with van der Waals surface area (Å²) in [4.78, 5) is 26.4. The van der Waals surface area contributed by atoms with E-state index >= 15 is 0 Å². The van der Waals surface area contributed by atoms with Crippen LogP contribution in [0.2, 0.25) is 18.1 Å². The minimum absolute atomic E-state index is 0.0145. The zero-order chi connectivity index (χ0) is 28.5. The molecule has 5 rings (SSSR count). The summed E-state index contributed by atoms with van der Waals surface area (Å²) in [7, 11) is -2.81. The van der Waals surface area contributed by atoms with E-state index in [-0.39, 0.29) is 28.5 Å². The van der Waals surface area contributed by atoms with E-state index in [2.05, 4.69) is 33.9 Å². The highest BCUT2D eigenvalue weighted by Gasteiger charge is 2.43. The third-order valence-corrected chi connectivity index (χ3v) is 16.3. The smallest absolute Gasteiger partial charge is 0.343 e. The lowest BCUT2D eigenvalue weighted by atomic mass is 10.0. The first-order valence-corrected chi connectivity index (χ1v) is 18.5. The van der Waals surface area contributed by atoms with E-state index in [1.807, 2.05) is 10.6 Å². The summed E-state index contributed by atoms with van der Waals surface area (Å²) in [6.45, 7) is 10.9. The lowest BCUT2D eigenvalue weighted by molar-refractivity contribution is 0.0598. The highest BCUT2D eigenvalue weighted by Crippen LogP contribution is 2.50. The van der Waals surface area contributed by atoms with Crippen LogP contribution in [0.5, 0.6) is 5.75 Å². The molecule has 0 amide bonds. The second kappa shape index (κ2) is 9.57. The molecule has 1 aromatic carbocycles. The number of hydrogen-bond acceptors (Lipinski definition) is 8. The average molecular weight is 590 g/mol. The maximum atomic E-state index is 13.3. The van der Waals surface area contributed by atoms with Crippen molar-refractivity contribution in [3.05, 3.63) is 45.7 Å². The van der Waals surface area contributed by atoms with E-state index in [0.717, 1.165) is 17.7 Å². The number of carbonyl (C=O) groups is 1. The Morgan fingerprint density at radius 2 is 1.82 bits per heavy atom. The van der Waals surface area contributed by atoms with Crippen molar-refractivity contribution in [2.45, 2.75) is 74.5 Å². The van der Waals surface area contributed by atoms with Gasteiger partial charge in [0.2, 0.25) is 5.43 Å². The van der Waals surface area contributed by atoms with Crippen molar-refractivity contribution in [2.75, 3.05) is 20.0 Å². The topological polar surface area (TPSA) is 101 Å². The first-order valence-electron chi connectivity index (χ1n) is 13.1. The fraction of sp³-hybridized carbons (Fsp3) is 0.500. The van der Waals surface area contributed by atoms with Gasteiger partial charge in [0, 0.05) is 28.2 Å². The Balaban J connectivity index is 1.70. The number of carbonyl (C=O) groups excluding carboxylic acids is 1. The van der Waals surface area contributed by atoms with Crippen molar-refractivity contribution in [1.29, 1.82) is 0 Å². The van der Waals surface area contributed by atoms with Gasteiger partial charge in [-0.25, -0.2) is 13.2 Å². The van der Waals surface area contributed by atoms with Crippen molar-refractivity contribution in [1.82, 2.24) is 4.57 Å². The van der Waals surface area contributed by atoms with Crippen LogP contribution in [0, 0.1) is 0 Å². The Kier molecular flexibility index (Phi) is 6.89. The molecule has 210 valence electrons. The number of methoxy groups -OCH3 is 2. The first-order chi connectivity index (χ1) is 18.2. The van der Waals surface area contributed by atoms with Crippen molar-refractivity contribution in [3.63, 3.8) is 0 Å². The lowest BCUT2D eigenvalue weighted by Gasteiger charge is -2.40. The molecule has 8 nitrogen and oxygen atoms in total.